The van der Waals surface area contributed by atoms with Crippen LogP contribution in [0.4, 0.5) is 5.82 Å². The first kappa shape index (κ1) is 22.5. The van der Waals surface area contributed by atoms with Gasteiger partial charge >= 0.3 is 0 Å². The van der Waals surface area contributed by atoms with E-state index in [1.807, 2.05) is 42.6 Å². The number of β-amino-alcohol motifs (C(OH)–C–C–N with tert-alkyl or cyclic N) is 1. The Kier molecular flexibility index (Phi) is 8.10. The molecule has 0 bridgehead atoms. The molecule has 2 aromatic rings. The average molecular weight is 405 g/mol. The minimum Gasteiger partial charge on any atom is -1.00 e. The lowest BCUT2D eigenvalue weighted by Gasteiger charge is -2.36. The molecule has 0 radical (unpaired) electrons. The summed E-state index contributed by atoms with van der Waals surface area (Å²) in [5, 5.41) is 10.4. The number of nitrogens with zero attached hydrogens (tertiary/aromatic N) is 3. The molecule has 1 aliphatic heterocycles. The quantitative estimate of drug-likeness (QED) is 0.731. The average Bonchev–Trinajstić information content (AvgIpc) is 2.67. The van der Waals surface area contributed by atoms with Crippen LogP contribution in [0.5, 0.6) is 5.75 Å². The number of anilines is 1. The molecule has 6 heteroatoms. The fourth-order valence-corrected chi connectivity index (χ4v) is 3.45. The molecule has 1 unspecified atom stereocenters. The Morgan fingerprint density at radius 2 is 1.71 bits per heavy atom. The second kappa shape index (κ2) is 10.1. The molecule has 1 atom stereocenters. The fraction of sp³-hybridized carbons (Fsp3) is 0.500. The summed E-state index contributed by atoms with van der Waals surface area (Å²) in [5.41, 5.74) is 1.18. The maximum absolute atomic E-state index is 10.4. The van der Waals surface area contributed by atoms with Gasteiger partial charge < -0.3 is 27.2 Å². The molecule has 3 rings (SSSR count). The monoisotopic (exact) mass is 404 g/mol. The van der Waals surface area contributed by atoms with E-state index in [2.05, 4.69) is 41.6 Å². The van der Waals surface area contributed by atoms with Crippen molar-refractivity contribution in [3.63, 3.8) is 0 Å². The fourth-order valence-electron chi connectivity index (χ4n) is 3.45. The van der Waals surface area contributed by atoms with E-state index in [-0.39, 0.29) is 17.8 Å². The summed E-state index contributed by atoms with van der Waals surface area (Å²) in [5.74, 6) is 1.89. The Morgan fingerprint density at radius 1 is 1.04 bits per heavy atom. The van der Waals surface area contributed by atoms with E-state index < -0.39 is 6.10 Å². The number of aliphatic hydroxyl groups excluding tert-OH is 1. The number of para-hydroxylation sites is 1. The number of benzene rings is 1. The summed E-state index contributed by atoms with van der Waals surface area (Å²) in [6.07, 6.45) is 1.33. The van der Waals surface area contributed by atoms with Crippen molar-refractivity contribution in [1.29, 1.82) is 0 Å². The number of hydrogen-bond acceptors (Lipinski definition) is 5. The Morgan fingerprint density at radius 3 is 2.36 bits per heavy atom. The highest BCUT2D eigenvalue weighted by molar-refractivity contribution is 5.39. The Hall–Kier alpha value is -1.82. The predicted octanol–water partition coefficient (Wildman–Crippen LogP) is -0.0550. The standard InChI is InChI=1S/C22H31N3O2.ClH/c1-22(2,3)19-8-4-5-9-20(19)27-17-18(26)16-24-12-14-25(15-13-24)21-10-6-7-11-23-21;/h4-11,18,26H,12-17H2,1-3H3;1H/p-1. The van der Waals surface area contributed by atoms with Crippen LogP contribution in [0.2, 0.25) is 0 Å². The molecule has 1 aliphatic rings. The normalized spacial score (nSPS) is 16.4. The maximum Gasteiger partial charge on any atom is 0.128 e. The van der Waals surface area contributed by atoms with Crippen LogP contribution in [0.25, 0.3) is 0 Å². The predicted molar refractivity (Wildman–Crippen MR) is 110 cm³/mol. The first-order valence-electron chi connectivity index (χ1n) is 9.72. The van der Waals surface area contributed by atoms with Crippen LogP contribution in [-0.4, -0.2) is 60.4 Å². The highest BCUT2D eigenvalue weighted by atomic mass is 35.5. The Balaban J connectivity index is 0.00000280. The number of piperazine rings is 1. The van der Waals surface area contributed by atoms with Crippen molar-refractivity contribution in [2.75, 3.05) is 44.2 Å². The van der Waals surface area contributed by atoms with Crippen LogP contribution in [0, 0.1) is 0 Å². The number of hydrogen-bond donors (Lipinski definition) is 1. The van der Waals surface area contributed by atoms with Gasteiger partial charge in [0.1, 0.15) is 24.3 Å². The van der Waals surface area contributed by atoms with E-state index in [0.717, 1.165) is 37.7 Å². The largest absolute Gasteiger partial charge is 1.00 e. The van der Waals surface area contributed by atoms with Crippen LogP contribution in [0.15, 0.2) is 48.7 Å². The molecule has 0 amide bonds. The van der Waals surface area contributed by atoms with Gasteiger partial charge in [-0.25, -0.2) is 4.98 Å². The van der Waals surface area contributed by atoms with Gasteiger partial charge in [-0.2, -0.15) is 0 Å². The third kappa shape index (κ3) is 6.09. The molecular formula is C22H31ClN3O2-. The summed E-state index contributed by atoms with van der Waals surface area (Å²) in [7, 11) is 0. The van der Waals surface area contributed by atoms with Gasteiger partial charge in [0, 0.05) is 38.9 Å². The molecule has 1 fully saturated rings. The third-order valence-corrected chi connectivity index (χ3v) is 4.94. The third-order valence-electron chi connectivity index (χ3n) is 4.94. The van der Waals surface area contributed by atoms with Crippen molar-refractivity contribution in [2.24, 2.45) is 0 Å². The second-order valence-electron chi connectivity index (χ2n) is 8.19. The van der Waals surface area contributed by atoms with E-state index in [1.165, 1.54) is 5.56 Å². The molecular weight excluding hydrogens is 374 g/mol. The highest BCUT2D eigenvalue weighted by Gasteiger charge is 2.22. The molecule has 2 heterocycles. The first-order valence-corrected chi connectivity index (χ1v) is 9.72. The van der Waals surface area contributed by atoms with Gasteiger partial charge in [0.05, 0.1) is 0 Å². The van der Waals surface area contributed by atoms with Crippen LogP contribution in [0.3, 0.4) is 0 Å². The van der Waals surface area contributed by atoms with Crippen molar-refractivity contribution in [3.8, 4) is 5.75 Å². The van der Waals surface area contributed by atoms with E-state index in [4.69, 9.17) is 4.74 Å². The summed E-state index contributed by atoms with van der Waals surface area (Å²) >= 11 is 0. The lowest BCUT2D eigenvalue weighted by atomic mass is 9.86. The zero-order chi connectivity index (χ0) is 19.3. The number of pyridine rings is 1. The van der Waals surface area contributed by atoms with Gasteiger partial charge in [-0.15, -0.1) is 0 Å². The van der Waals surface area contributed by atoms with E-state index >= 15 is 0 Å². The summed E-state index contributed by atoms with van der Waals surface area (Å²) in [6, 6.07) is 14.1. The topological polar surface area (TPSA) is 48.8 Å². The number of aromatic nitrogens is 1. The minimum absolute atomic E-state index is 0. The van der Waals surface area contributed by atoms with Gasteiger partial charge in [0.15, 0.2) is 0 Å². The number of halogens is 1. The molecule has 0 aliphatic carbocycles. The molecule has 0 saturated carbocycles. The van der Waals surface area contributed by atoms with Crippen LogP contribution < -0.4 is 22.0 Å². The van der Waals surface area contributed by atoms with E-state index in [0.29, 0.717) is 13.2 Å². The van der Waals surface area contributed by atoms with E-state index in [9.17, 15) is 5.11 Å². The lowest BCUT2D eigenvalue weighted by Crippen LogP contribution is -3.00. The Bertz CT molecular complexity index is 713. The summed E-state index contributed by atoms with van der Waals surface area (Å²) in [4.78, 5) is 9.00. The highest BCUT2D eigenvalue weighted by Crippen LogP contribution is 2.31. The molecule has 0 spiro atoms. The van der Waals surface area contributed by atoms with Crippen molar-refractivity contribution in [3.05, 3.63) is 54.2 Å². The van der Waals surface area contributed by atoms with Gasteiger partial charge in [-0.05, 0) is 29.2 Å². The number of aliphatic hydroxyl groups is 1. The van der Waals surface area contributed by atoms with Gasteiger partial charge in [0.25, 0.3) is 0 Å². The van der Waals surface area contributed by atoms with Crippen molar-refractivity contribution >= 4 is 5.82 Å². The van der Waals surface area contributed by atoms with Gasteiger partial charge in [0.2, 0.25) is 0 Å². The lowest BCUT2D eigenvalue weighted by molar-refractivity contribution is -0.00000830. The molecule has 1 N–H and O–H groups in total. The SMILES string of the molecule is CC(C)(C)c1ccccc1OCC(O)CN1CCN(c2ccccn2)CC1.[Cl-]. The van der Waals surface area contributed by atoms with Crippen molar-refractivity contribution in [2.45, 2.75) is 32.3 Å². The summed E-state index contributed by atoms with van der Waals surface area (Å²) in [6.45, 7) is 11.2. The molecule has 1 aromatic carbocycles. The molecule has 154 valence electrons. The first-order chi connectivity index (χ1) is 12.9. The molecule has 5 nitrogen and oxygen atoms in total. The maximum atomic E-state index is 10.4. The van der Waals surface area contributed by atoms with Crippen molar-refractivity contribution < 1.29 is 22.3 Å². The van der Waals surface area contributed by atoms with Crippen LogP contribution >= 0.6 is 0 Å². The van der Waals surface area contributed by atoms with Crippen LogP contribution in [0.1, 0.15) is 26.3 Å². The smallest absolute Gasteiger partial charge is 0.128 e. The number of rotatable bonds is 6. The zero-order valence-electron chi connectivity index (χ0n) is 17.0. The van der Waals surface area contributed by atoms with Gasteiger partial charge in [-0.1, -0.05) is 45.0 Å². The van der Waals surface area contributed by atoms with Crippen LogP contribution in [-0.2, 0) is 5.41 Å². The minimum atomic E-state index is -0.501. The van der Waals surface area contributed by atoms with E-state index in [1.54, 1.807) is 0 Å². The van der Waals surface area contributed by atoms with Crippen molar-refractivity contribution in [1.82, 2.24) is 9.88 Å². The summed E-state index contributed by atoms with van der Waals surface area (Å²) < 4.78 is 5.96. The molecule has 1 aromatic heterocycles. The molecule has 1 saturated heterocycles. The Labute approximate surface area is 174 Å². The van der Waals surface area contributed by atoms with Gasteiger partial charge in [-0.3, -0.25) is 4.90 Å². The second-order valence-corrected chi connectivity index (χ2v) is 8.19. The zero-order valence-corrected chi connectivity index (χ0v) is 17.8. The molecule has 28 heavy (non-hydrogen) atoms. The number of ether oxygens (including phenoxy) is 1.